The summed E-state index contributed by atoms with van der Waals surface area (Å²) in [6.45, 7) is 4.14. The molecule has 0 spiro atoms. The number of hydrogen-bond acceptors (Lipinski definition) is 2. The van der Waals surface area contributed by atoms with Crippen LogP contribution < -0.4 is 10.6 Å². The lowest BCUT2D eigenvalue weighted by atomic mass is 10.0. The molecule has 0 saturated heterocycles. The molecule has 2 aromatic carbocycles. The molecule has 0 aromatic heterocycles. The Kier molecular flexibility index (Phi) is 5.52. The molecule has 3 nitrogen and oxygen atoms in total. The van der Waals surface area contributed by atoms with E-state index in [0.29, 0.717) is 10.6 Å². The molecule has 2 rings (SSSR count). The van der Waals surface area contributed by atoms with E-state index in [1.54, 1.807) is 30.3 Å². The first-order valence-electron chi connectivity index (χ1n) is 6.95. The van der Waals surface area contributed by atoms with Gasteiger partial charge < -0.3 is 5.32 Å². The molecule has 0 saturated carbocycles. The molecule has 2 N–H and O–H groups in total. The highest BCUT2D eigenvalue weighted by molar-refractivity contribution is 7.80. The number of amides is 1. The fourth-order valence-electron chi connectivity index (χ4n) is 2.06. The van der Waals surface area contributed by atoms with Crippen LogP contribution in [-0.2, 0) is 0 Å². The molecule has 22 heavy (non-hydrogen) atoms. The molecule has 1 amide bonds. The zero-order valence-electron chi connectivity index (χ0n) is 12.4. The zero-order valence-corrected chi connectivity index (χ0v) is 14.0. The molecule has 0 bridgehead atoms. The van der Waals surface area contributed by atoms with Crippen molar-refractivity contribution in [3.05, 3.63) is 64.7 Å². The van der Waals surface area contributed by atoms with Gasteiger partial charge in [-0.1, -0.05) is 55.8 Å². The Labute approximate surface area is 140 Å². The predicted molar refractivity (Wildman–Crippen MR) is 95.7 cm³/mol. The fraction of sp³-hybridized carbons (Fsp3) is 0.176. The molecule has 0 fully saturated rings. The molecule has 0 unspecified atom stereocenters. The van der Waals surface area contributed by atoms with Crippen LogP contribution in [0.3, 0.4) is 0 Å². The Balaban J connectivity index is 2.12. The van der Waals surface area contributed by atoms with Gasteiger partial charge in [0.1, 0.15) is 0 Å². The largest absolute Gasteiger partial charge is 0.331 e. The minimum Gasteiger partial charge on any atom is -0.331 e. The molecule has 0 aliphatic rings. The van der Waals surface area contributed by atoms with Crippen molar-refractivity contribution in [2.24, 2.45) is 0 Å². The maximum atomic E-state index is 12.1. The van der Waals surface area contributed by atoms with Gasteiger partial charge in [0.25, 0.3) is 5.91 Å². The fourth-order valence-corrected chi connectivity index (χ4v) is 2.49. The molecule has 0 aliphatic heterocycles. The maximum absolute atomic E-state index is 12.1. The third-order valence-corrected chi connectivity index (χ3v) is 3.69. The highest BCUT2D eigenvalue weighted by Crippen LogP contribution is 2.31. The SMILES string of the molecule is CC(C)c1cccc(Cl)c1NC(=S)NC(=O)c1ccccc1. The van der Waals surface area contributed by atoms with Gasteiger partial charge in [-0.3, -0.25) is 10.1 Å². The summed E-state index contributed by atoms with van der Waals surface area (Å²) in [5.41, 5.74) is 2.33. The zero-order chi connectivity index (χ0) is 16.1. The first kappa shape index (κ1) is 16.5. The van der Waals surface area contributed by atoms with E-state index in [-0.39, 0.29) is 16.9 Å². The van der Waals surface area contributed by atoms with Gasteiger partial charge in [-0.2, -0.15) is 0 Å². The van der Waals surface area contributed by atoms with Crippen molar-refractivity contribution >= 4 is 40.5 Å². The van der Waals surface area contributed by atoms with E-state index < -0.39 is 0 Å². The van der Waals surface area contributed by atoms with E-state index in [4.69, 9.17) is 23.8 Å². The number of anilines is 1. The van der Waals surface area contributed by atoms with Crippen LogP contribution in [0.2, 0.25) is 5.02 Å². The van der Waals surface area contributed by atoms with Crippen molar-refractivity contribution in [1.82, 2.24) is 5.32 Å². The predicted octanol–water partition coefficient (Wildman–Crippen LogP) is 4.59. The minimum atomic E-state index is -0.253. The minimum absolute atomic E-state index is 0.226. The summed E-state index contributed by atoms with van der Waals surface area (Å²) in [5, 5.41) is 6.49. The molecule has 5 heteroatoms. The van der Waals surface area contributed by atoms with Crippen LogP contribution in [0.15, 0.2) is 48.5 Å². The Morgan fingerprint density at radius 2 is 1.77 bits per heavy atom. The molecule has 0 aliphatic carbocycles. The summed E-state index contributed by atoms with van der Waals surface area (Å²) in [5.74, 6) is 0.0325. The number of rotatable bonds is 3. The van der Waals surface area contributed by atoms with Crippen molar-refractivity contribution in [3.8, 4) is 0 Å². The number of carbonyl (C=O) groups is 1. The average Bonchev–Trinajstić information content (AvgIpc) is 2.49. The first-order chi connectivity index (χ1) is 10.5. The van der Waals surface area contributed by atoms with Crippen LogP contribution in [0.1, 0.15) is 35.7 Å². The van der Waals surface area contributed by atoms with E-state index in [2.05, 4.69) is 24.5 Å². The molecule has 2 aromatic rings. The van der Waals surface area contributed by atoms with Crippen LogP contribution in [0.4, 0.5) is 5.69 Å². The van der Waals surface area contributed by atoms with Gasteiger partial charge in [0.2, 0.25) is 0 Å². The van der Waals surface area contributed by atoms with Gasteiger partial charge in [-0.15, -0.1) is 0 Å². The summed E-state index contributed by atoms with van der Waals surface area (Å²) in [6, 6.07) is 14.6. The standard InChI is InChI=1S/C17H17ClN2OS/c1-11(2)13-9-6-10-14(18)15(13)19-17(22)20-16(21)12-7-4-3-5-8-12/h3-11H,1-2H3,(H2,19,20,21,22). The van der Waals surface area contributed by atoms with Crippen LogP contribution >= 0.6 is 23.8 Å². The molecule has 114 valence electrons. The monoisotopic (exact) mass is 332 g/mol. The summed E-state index contributed by atoms with van der Waals surface area (Å²) < 4.78 is 0. The summed E-state index contributed by atoms with van der Waals surface area (Å²) >= 11 is 11.5. The molecular weight excluding hydrogens is 316 g/mol. The van der Waals surface area contributed by atoms with Crippen LogP contribution in [0.25, 0.3) is 0 Å². The normalized spacial score (nSPS) is 10.4. The number of halogens is 1. The van der Waals surface area contributed by atoms with Crippen LogP contribution in [0, 0.1) is 0 Å². The van der Waals surface area contributed by atoms with E-state index in [0.717, 1.165) is 11.3 Å². The van der Waals surface area contributed by atoms with E-state index in [1.807, 2.05) is 18.2 Å². The second-order valence-electron chi connectivity index (χ2n) is 5.13. The quantitative estimate of drug-likeness (QED) is 0.808. The number of hydrogen-bond donors (Lipinski definition) is 2. The smallest absolute Gasteiger partial charge is 0.257 e. The van der Waals surface area contributed by atoms with E-state index >= 15 is 0 Å². The number of nitrogens with one attached hydrogen (secondary N) is 2. The van der Waals surface area contributed by atoms with Crippen molar-refractivity contribution in [1.29, 1.82) is 0 Å². The van der Waals surface area contributed by atoms with Crippen LogP contribution in [0.5, 0.6) is 0 Å². The summed E-state index contributed by atoms with van der Waals surface area (Å²) in [7, 11) is 0. The topological polar surface area (TPSA) is 41.1 Å². The van der Waals surface area contributed by atoms with Crippen molar-refractivity contribution < 1.29 is 4.79 Å². The Hall–Kier alpha value is -1.91. The second-order valence-corrected chi connectivity index (χ2v) is 5.95. The number of carbonyl (C=O) groups excluding carboxylic acids is 1. The number of thiocarbonyl (C=S) groups is 1. The lowest BCUT2D eigenvalue weighted by Crippen LogP contribution is -2.34. The third-order valence-electron chi connectivity index (χ3n) is 3.17. The third kappa shape index (κ3) is 4.06. The van der Waals surface area contributed by atoms with Crippen molar-refractivity contribution in [2.75, 3.05) is 5.32 Å². The molecule has 0 heterocycles. The number of benzene rings is 2. The van der Waals surface area contributed by atoms with Gasteiger partial charge in [0.05, 0.1) is 10.7 Å². The highest BCUT2D eigenvalue weighted by atomic mass is 35.5. The number of para-hydroxylation sites is 1. The van der Waals surface area contributed by atoms with Gasteiger partial charge in [0.15, 0.2) is 5.11 Å². The van der Waals surface area contributed by atoms with Gasteiger partial charge in [0, 0.05) is 5.56 Å². The summed E-state index contributed by atoms with van der Waals surface area (Å²) in [4.78, 5) is 12.1. The van der Waals surface area contributed by atoms with Crippen molar-refractivity contribution in [3.63, 3.8) is 0 Å². The average molecular weight is 333 g/mol. The Morgan fingerprint density at radius 3 is 2.41 bits per heavy atom. The van der Waals surface area contributed by atoms with Gasteiger partial charge >= 0.3 is 0 Å². The van der Waals surface area contributed by atoms with Gasteiger partial charge in [-0.25, -0.2) is 0 Å². The molecular formula is C17H17ClN2OS. The Morgan fingerprint density at radius 1 is 1.09 bits per heavy atom. The van der Waals surface area contributed by atoms with Gasteiger partial charge in [-0.05, 0) is 41.9 Å². The maximum Gasteiger partial charge on any atom is 0.257 e. The van der Waals surface area contributed by atoms with Crippen molar-refractivity contribution in [2.45, 2.75) is 19.8 Å². The lowest BCUT2D eigenvalue weighted by molar-refractivity contribution is 0.0977. The highest BCUT2D eigenvalue weighted by Gasteiger charge is 2.13. The first-order valence-corrected chi connectivity index (χ1v) is 7.73. The van der Waals surface area contributed by atoms with Crippen LogP contribution in [-0.4, -0.2) is 11.0 Å². The second kappa shape index (κ2) is 7.38. The molecule has 0 radical (unpaired) electrons. The Bertz CT molecular complexity index is 686. The summed E-state index contributed by atoms with van der Waals surface area (Å²) in [6.07, 6.45) is 0. The van der Waals surface area contributed by atoms with E-state index in [9.17, 15) is 4.79 Å². The lowest BCUT2D eigenvalue weighted by Gasteiger charge is -2.17. The van der Waals surface area contributed by atoms with E-state index in [1.165, 1.54) is 0 Å². The molecule has 0 atom stereocenters.